The van der Waals surface area contributed by atoms with E-state index >= 15 is 0 Å². The minimum Gasteiger partial charge on any atom is -0.462 e. The standard InChI is InChI=1S/C60H88O6/c1-4-7-10-13-16-19-22-25-27-29-30-31-33-35-38-41-44-47-50-53-59(62)65-56-57(55-64-58(61)52-49-46-43-40-37-34-24-21-18-15-12-9-6-3)66-60(63)54-51-48-45-42-39-36-32-28-26-23-20-17-14-11-8-5-2/h7-12,15-21,24-28,30-31,34-40,43,57H,4-6,13-14,22-23,29,32-33,41-42,44-56H2,1-3H3/b10-7+,11-8+,12-9+,18-15+,19-16+,20-17+,24-21+,27-25+,28-26+,31-30+,37-34+,38-35+,39-36+,43-40+. The van der Waals surface area contributed by atoms with Crippen molar-refractivity contribution in [3.63, 3.8) is 0 Å². The van der Waals surface area contributed by atoms with Gasteiger partial charge in [0.25, 0.3) is 0 Å². The quantitative estimate of drug-likeness (QED) is 0.0200. The third-order valence-corrected chi connectivity index (χ3v) is 9.58. The van der Waals surface area contributed by atoms with E-state index in [1.807, 2.05) is 54.7 Å². The number of carbonyl (C=O) groups is 3. The molecule has 0 aliphatic heterocycles. The molecule has 1 unspecified atom stereocenters. The van der Waals surface area contributed by atoms with Crippen LogP contribution in [-0.4, -0.2) is 37.2 Å². The Morgan fingerprint density at radius 3 is 1.05 bits per heavy atom. The number of unbranched alkanes of at least 4 members (excludes halogenated alkanes) is 7. The monoisotopic (exact) mass is 905 g/mol. The molecule has 0 rings (SSSR count). The van der Waals surface area contributed by atoms with Crippen LogP contribution in [0.15, 0.2) is 170 Å². The molecule has 0 bridgehead atoms. The summed E-state index contributed by atoms with van der Waals surface area (Å²) in [5.41, 5.74) is 0. The number of carbonyl (C=O) groups excluding carboxylic acids is 3. The molecule has 0 radical (unpaired) electrons. The zero-order chi connectivity index (χ0) is 47.9. The fourth-order valence-corrected chi connectivity index (χ4v) is 5.90. The van der Waals surface area contributed by atoms with Gasteiger partial charge in [0.2, 0.25) is 0 Å². The number of ether oxygens (including phenoxy) is 3. The Kier molecular flexibility index (Phi) is 48.2. The van der Waals surface area contributed by atoms with Crippen molar-refractivity contribution in [1.29, 1.82) is 0 Å². The van der Waals surface area contributed by atoms with Crippen LogP contribution in [0.2, 0.25) is 0 Å². The minimum absolute atomic E-state index is 0.140. The fourth-order valence-electron chi connectivity index (χ4n) is 5.90. The highest BCUT2D eigenvalue weighted by Gasteiger charge is 2.19. The molecule has 0 aromatic heterocycles. The Morgan fingerprint density at radius 2 is 0.636 bits per heavy atom. The van der Waals surface area contributed by atoms with Gasteiger partial charge >= 0.3 is 17.9 Å². The molecule has 0 spiro atoms. The lowest BCUT2D eigenvalue weighted by Gasteiger charge is -2.18. The van der Waals surface area contributed by atoms with Crippen LogP contribution in [-0.2, 0) is 28.6 Å². The van der Waals surface area contributed by atoms with Crippen LogP contribution in [0.1, 0.15) is 168 Å². The van der Waals surface area contributed by atoms with Crippen LogP contribution >= 0.6 is 0 Å². The van der Waals surface area contributed by atoms with Crippen LogP contribution in [0.25, 0.3) is 0 Å². The lowest BCUT2D eigenvalue weighted by molar-refractivity contribution is -0.167. The summed E-state index contributed by atoms with van der Waals surface area (Å²) >= 11 is 0. The van der Waals surface area contributed by atoms with Crippen molar-refractivity contribution in [3.05, 3.63) is 170 Å². The Labute approximate surface area is 402 Å². The maximum absolute atomic E-state index is 12.8. The van der Waals surface area contributed by atoms with E-state index in [0.29, 0.717) is 12.8 Å². The van der Waals surface area contributed by atoms with Crippen molar-refractivity contribution in [2.45, 2.75) is 175 Å². The van der Waals surface area contributed by atoms with E-state index in [1.54, 1.807) is 0 Å². The number of hydrogen-bond donors (Lipinski definition) is 0. The topological polar surface area (TPSA) is 78.9 Å². The molecule has 6 heteroatoms. The van der Waals surface area contributed by atoms with Gasteiger partial charge in [-0.2, -0.15) is 0 Å². The van der Waals surface area contributed by atoms with E-state index in [4.69, 9.17) is 14.2 Å². The molecule has 1 atom stereocenters. The second-order valence-electron chi connectivity index (χ2n) is 15.7. The zero-order valence-electron chi connectivity index (χ0n) is 41.4. The van der Waals surface area contributed by atoms with Crippen LogP contribution in [0.3, 0.4) is 0 Å². The van der Waals surface area contributed by atoms with E-state index in [2.05, 4.69) is 136 Å². The first-order valence-electron chi connectivity index (χ1n) is 25.2. The summed E-state index contributed by atoms with van der Waals surface area (Å²) in [7, 11) is 0. The van der Waals surface area contributed by atoms with Gasteiger partial charge in [-0.3, -0.25) is 14.4 Å². The highest BCUT2D eigenvalue weighted by atomic mass is 16.6. The number of allylic oxidation sites excluding steroid dienone is 28. The average molecular weight is 905 g/mol. The Morgan fingerprint density at radius 1 is 0.318 bits per heavy atom. The summed E-state index contributed by atoms with van der Waals surface area (Å²) < 4.78 is 16.7. The maximum Gasteiger partial charge on any atom is 0.306 e. The highest BCUT2D eigenvalue weighted by Crippen LogP contribution is 2.10. The van der Waals surface area contributed by atoms with Crippen LogP contribution < -0.4 is 0 Å². The smallest absolute Gasteiger partial charge is 0.306 e. The molecule has 0 saturated carbocycles. The molecule has 0 amide bonds. The Balaban J connectivity index is 4.63. The van der Waals surface area contributed by atoms with Crippen molar-refractivity contribution in [2.75, 3.05) is 13.2 Å². The molecule has 6 nitrogen and oxygen atoms in total. The van der Waals surface area contributed by atoms with Gasteiger partial charge in [0.05, 0.1) is 0 Å². The van der Waals surface area contributed by atoms with Gasteiger partial charge in [-0.1, -0.05) is 204 Å². The van der Waals surface area contributed by atoms with Gasteiger partial charge in [-0.15, -0.1) is 0 Å². The summed E-state index contributed by atoms with van der Waals surface area (Å²) in [6.45, 7) is 6.10. The van der Waals surface area contributed by atoms with Gasteiger partial charge in [0.15, 0.2) is 6.10 Å². The van der Waals surface area contributed by atoms with Gasteiger partial charge in [-0.05, 0) is 116 Å². The molecule has 0 aliphatic carbocycles. The summed E-state index contributed by atoms with van der Waals surface area (Å²) in [6, 6.07) is 0. The number of hydrogen-bond acceptors (Lipinski definition) is 6. The van der Waals surface area contributed by atoms with Crippen molar-refractivity contribution in [3.8, 4) is 0 Å². The van der Waals surface area contributed by atoms with Crippen molar-refractivity contribution >= 4 is 17.9 Å². The van der Waals surface area contributed by atoms with Crippen LogP contribution in [0.5, 0.6) is 0 Å². The van der Waals surface area contributed by atoms with Crippen molar-refractivity contribution < 1.29 is 28.6 Å². The third-order valence-electron chi connectivity index (χ3n) is 9.58. The normalized spacial score (nSPS) is 13.6. The first-order valence-corrected chi connectivity index (χ1v) is 25.2. The van der Waals surface area contributed by atoms with E-state index in [9.17, 15) is 14.4 Å². The lowest BCUT2D eigenvalue weighted by atomic mass is 10.1. The van der Waals surface area contributed by atoms with Crippen LogP contribution in [0, 0.1) is 0 Å². The van der Waals surface area contributed by atoms with E-state index in [0.717, 1.165) is 116 Å². The Hall–Kier alpha value is -5.23. The van der Waals surface area contributed by atoms with Gasteiger partial charge in [-0.25, -0.2) is 0 Å². The first-order chi connectivity index (χ1) is 32.5. The second kappa shape index (κ2) is 52.4. The van der Waals surface area contributed by atoms with Crippen molar-refractivity contribution in [2.24, 2.45) is 0 Å². The van der Waals surface area contributed by atoms with E-state index in [1.165, 1.54) is 0 Å². The number of esters is 3. The lowest BCUT2D eigenvalue weighted by Crippen LogP contribution is -2.30. The van der Waals surface area contributed by atoms with Crippen LogP contribution in [0.4, 0.5) is 0 Å². The van der Waals surface area contributed by atoms with Gasteiger partial charge in [0, 0.05) is 19.3 Å². The summed E-state index contributed by atoms with van der Waals surface area (Å²) in [6.07, 6.45) is 77.7. The zero-order valence-corrected chi connectivity index (χ0v) is 41.4. The minimum atomic E-state index is -0.847. The summed E-state index contributed by atoms with van der Waals surface area (Å²) in [4.78, 5) is 37.9. The molecule has 0 heterocycles. The van der Waals surface area contributed by atoms with E-state index < -0.39 is 6.10 Å². The molecule has 0 saturated heterocycles. The predicted molar refractivity (Wildman–Crippen MR) is 283 cm³/mol. The van der Waals surface area contributed by atoms with Gasteiger partial charge in [0.1, 0.15) is 13.2 Å². The highest BCUT2D eigenvalue weighted by molar-refractivity contribution is 5.71. The molecular formula is C60H88O6. The molecule has 66 heavy (non-hydrogen) atoms. The summed E-state index contributed by atoms with van der Waals surface area (Å²) in [5, 5.41) is 0. The molecular weight excluding hydrogens is 817 g/mol. The summed E-state index contributed by atoms with van der Waals surface area (Å²) in [5.74, 6) is -1.10. The first kappa shape index (κ1) is 60.8. The van der Waals surface area contributed by atoms with Gasteiger partial charge < -0.3 is 14.2 Å². The average Bonchev–Trinajstić information content (AvgIpc) is 3.31. The molecule has 0 fully saturated rings. The SMILES string of the molecule is CC/C=C/C=C/C=C/C=C/C=C/CCCC(=O)OCC(COC(=O)CCCCC/C=C/C/C=C/C/C=C/C/C=C/C/C=C/CC)OC(=O)CCCCC/C=C/C/C=C/C/C=C/C/C=C/CC. The molecule has 0 aliphatic rings. The molecule has 0 aromatic carbocycles. The van der Waals surface area contributed by atoms with E-state index in [-0.39, 0.29) is 50.4 Å². The Bertz CT molecular complexity index is 1600. The largest absolute Gasteiger partial charge is 0.462 e. The third kappa shape index (κ3) is 49.8. The fraction of sp³-hybridized carbons (Fsp3) is 0.483. The predicted octanol–water partition coefficient (Wildman–Crippen LogP) is 16.8. The maximum atomic E-state index is 12.8. The molecule has 0 N–H and O–H groups in total. The molecule has 0 aromatic rings. The van der Waals surface area contributed by atoms with Crippen molar-refractivity contribution in [1.82, 2.24) is 0 Å². The molecule has 364 valence electrons. The number of rotatable bonds is 42. The second-order valence-corrected chi connectivity index (χ2v) is 15.7.